The number of carboxylic acid groups (broad SMARTS) is 1. The van der Waals surface area contributed by atoms with Gasteiger partial charge >= 0.3 is 5.97 Å². The molecule has 0 aliphatic carbocycles. The van der Waals surface area contributed by atoms with Crippen molar-refractivity contribution < 1.29 is 15.0 Å². The Morgan fingerprint density at radius 2 is 1.57 bits per heavy atom. The summed E-state index contributed by atoms with van der Waals surface area (Å²) in [5.41, 5.74) is 0. The van der Waals surface area contributed by atoms with E-state index in [1.165, 1.54) is 32.1 Å². The van der Waals surface area contributed by atoms with Crippen LogP contribution in [-0.2, 0) is 4.79 Å². The number of aliphatic carboxylic acids is 1. The average molecular weight is 296 g/mol. The number of hydrogen-bond acceptors (Lipinski definition) is 2. The Balaban J connectivity index is 3.27. The normalized spacial score (nSPS) is 13.2. The molecule has 0 aromatic rings. The van der Waals surface area contributed by atoms with Crippen LogP contribution in [0.1, 0.15) is 77.6 Å². The third-order valence-electron chi connectivity index (χ3n) is 3.54. The van der Waals surface area contributed by atoms with Gasteiger partial charge in [0, 0.05) is 6.08 Å². The molecular formula is C18H32O3. The number of aliphatic hydroxyl groups is 1. The highest BCUT2D eigenvalue weighted by Crippen LogP contribution is 2.12. The van der Waals surface area contributed by atoms with Gasteiger partial charge in [0.05, 0.1) is 6.10 Å². The molecule has 21 heavy (non-hydrogen) atoms. The van der Waals surface area contributed by atoms with E-state index in [1.807, 2.05) is 6.08 Å². The van der Waals surface area contributed by atoms with Gasteiger partial charge in [-0.05, 0) is 25.7 Å². The van der Waals surface area contributed by atoms with E-state index in [1.54, 1.807) is 12.2 Å². The van der Waals surface area contributed by atoms with E-state index >= 15 is 0 Å². The second-order valence-electron chi connectivity index (χ2n) is 5.62. The van der Waals surface area contributed by atoms with Crippen molar-refractivity contribution in [2.75, 3.05) is 0 Å². The van der Waals surface area contributed by atoms with Crippen LogP contribution in [0.15, 0.2) is 24.3 Å². The molecule has 0 rings (SSSR count). The standard InChI is InChI=1S/C18H32O3/c1-2-3-11-14-17(19)15-12-9-7-5-4-6-8-10-13-16-18(20)21/h8,10,13,16-17,19H,2-7,9,11-12,14-15H2,1H3,(H,20,21)/t17-/m0/s1. The van der Waals surface area contributed by atoms with Gasteiger partial charge in [-0.3, -0.25) is 0 Å². The van der Waals surface area contributed by atoms with Crippen molar-refractivity contribution >= 4 is 5.97 Å². The molecule has 0 aliphatic rings. The highest BCUT2D eigenvalue weighted by atomic mass is 16.4. The monoisotopic (exact) mass is 296 g/mol. The Hall–Kier alpha value is -1.09. The molecule has 0 radical (unpaired) electrons. The van der Waals surface area contributed by atoms with Crippen LogP contribution in [0.4, 0.5) is 0 Å². The summed E-state index contributed by atoms with van der Waals surface area (Å²) < 4.78 is 0. The molecule has 2 N–H and O–H groups in total. The molecule has 0 heterocycles. The second kappa shape index (κ2) is 15.3. The fourth-order valence-electron chi connectivity index (χ4n) is 2.26. The minimum Gasteiger partial charge on any atom is -0.478 e. The highest BCUT2D eigenvalue weighted by Gasteiger charge is 2.02. The first-order valence-electron chi connectivity index (χ1n) is 8.41. The Morgan fingerprint density at radius 1 is 0.952 bits per heavy atom. The molecule has 3 nitrogen and oxygen atoms in total. The minimum absolute atomic E-state index is 0.0968. The van der Waals surface area contributed by atoms with Gasteiger partial charge < -0.3 is 10.2 Å². The van der Waals surface area contributed by atoms with E-state index < -0.39 is 5.97 Å². The van der Waals surface area contributed by atoms with Crippen molar-refractivity contribution in [2.45, 2.75) is 83.7 Å². The maximum absolute atomic E-state index is 10.2. The van der Waals surface area contributed by atoms with Crippen LogP contribution in [0, 0.1) is 0 Å². The van der Waals surface area contributed by atoms with Crippen LogP contribution < -0.4 is 0 Å². The van der Waals surface area contributed by atoms with Crippen LogP contribution in [0.2, 0.25) is 0 Å². The second-order valence-corrected chi connectivity index (χ2v) is 5.62. The van der Waals surface area contributed by atoms with Gasteiger partial charge in [0.25, 0.3) is 0 Å². The van der Waals surface area contributed by atoms with E-state index in [0.29, 0.717) is 0 Å². The number of rotatable bonds is 14. The largest absolute Gasteiger partial charge is 0.478 e. The van der Waals surface area contributed by atoms with E-state index in [-0.39, 0.29) is 6.10 Å². The number of carbonyl (C=O) groups is 1. The Kier molecular flexibility index (Phi) is 14.5. The molecule has 0 saturated heterocycles. The Labute approximate surface area is 129 Å². The topological polar surface area (TPSA) is 57.5 Å². The quantitative estimate of drug-likeness (QED) is 0.273. The number of aliphatic hydroxyl groups excluding tert-OH is 1. The van der Waals surface area contributed by atoms with Gasteiger partial charge in [-0.15, -0.1) is 0 Å². The average Bonchev–Trinajstić information content (AvgIpc) is 2.44. The summed E-state index contributed by atoms with van der Waals surface area (Å²) in [5, 5.41) is 18.2. The van der Waals surface area contributed by atoms with Gasteiger partial charge in [0.1, 0.15) is 0 Å². The Bertz CT molecular complexity index is 295. The lowest BCUT2D eigenvalue weighted by molar-refractivity contribution is -0.131. The molecule has 0 spiro atoms. The predicted octanol–water partition coefficient (Wildman–Crippen LogP) is 4.86. The van der Waals surface area contributed by atoms with E-state index in [4.69, 9.17) is 5.11 Å². The lowest BCUT2D eigenvalue weighted by Gasteiger charge is -2.09. The number of hydrogen-bond donors (Lipinski definition) is 2. The first-order chi connectivity index (χ1) is 10.2. The summed E-state index contributed by atoms with van der Waals surface area (Å²) in [5.74, 6) is -0.906. The van der Waals surface area contributed by atoms with Gasteiger partial charge in [-0.2, -0.15) is 0 Å². The zero-order valence-corrected chi connectivity index (χ0v) is 13.5. The summed E-state index contributed by atoms with van der Waals surface area (Å²) in [7, 11) is 0. The molecule has 0 bridgehead atoms. The Morgan fingerprint density at radius 3 is 2.24 bits per heavy atom. The van der Waals surface area contributed by atoms with Crippen molar-refractivity contribution in [1.82, 2.24) is 0 Å². The fourth-order valence-corrected chi connectivity index (χ4v) is 2.26. The molecule has 0 amide bonds. The third kappa shape index (κ3) is 16.9. The smallest absolute Gasteiger partial charge is 0.328 e. The molecule has 0 aromatic heterocycles. The van der Waals surface area contributed by atoms with Crippen LogP contribution in [-0.4, -0.2) is 22.3 Å². The summed E-state index contributed by atoms with van der Waals surface area (Å²) in [6, 6.07) is 0. The molecule has 3 heteroatoms. The lowest BCUT2D eigenvalue weighted by atomic mass is 10.0. The number of carboxylic acids is 1. The van der Waals surface area contributed by atoms with Gasteiger partial charge in [-0.25, -0.2) is 4.79 Å². The van der Waals surface area contributed by atoms with E-state index in [0.717, 1.165) is 44.6 Å². The molecular weight excluding hydrogens is 264 g/mol. The molecule has 0 saturated carbocycles. The number of allylic oxidation sites excluding steroid dienone is 3. The van der Waals surface area contributed by atoms with Crippen molar-refractivity contribution in [3.05, 3.63) is 24.3 Å². The zero-order chi connectivity index (χ0) is 15.8. The van der Waals surface area contributed by atoms with Crippen molar-refractivity contribution in [2.24, 2.45) is 0 Å². The summed E-state index contributed by atoms with van der Waals surface area (Å²) >= 11 is 0. The van der Waals surface area contributed by atoms with Gasteiger partial charge in [-0.1, -0.05) is 70.1 Å². The van der Waals surface area contributed by atoms with Gasteiger partial charge in [0.2, 0.25) is 0 Å². The molecule has 0 unspecified atom stereocenters. The van der Waals surface area contributed by atoms with Crippen LogP contribution in [0.3, 0.4) is 0 Å². The maximum Gasteiger partial charge on any atom is 0.328 e. The van der Waals surface area contributed by atoms with Crippen molar-refractivity contribution in [3.63, 3.8) is 0 Å². The summed E-state index contributed by atoms with van der Waals surface area (Å²) in [6.45, 7) is 2.18. The van der Waals surface area contributed by atoms with Crippen molar-refractivity contribution in [1.29, 1.82) is 0 Å². The van der Waals surface area contributed by atoms with E-state index in [2.05, 4.69) is 6.92 Å². The first-order valence-corrected chi connectivity index (χ1v) is 8.41. The summed E-state index contributed by atoms with van der Waals surface area (Å²) in [6.07, 6.45) is 18.8. The number of unbranched alkanes of at least 4 members (excludes halogenated alkanes) is 7. The zero-order valence-electron chi connectivity index (χ0n) is 13.5. The maximum atomic E-state index is 10.2. The van der Waals surface area contributed by atoms with Crippen LogP contribution in [0.25, 0.3) is 0 Å². The molecule has 122 valence electrons. The van der Waals surface area contributed by atoms with Gasteiger partial charge in [0.15, 0.2) is 0 Å². The summed E-state index contributed by atoms with van der Waals surface area (Å²) in [4.78, 5) is 10.2. The van der Waals surface area contributed by atoms with Crippen LogP contribution >= 0.6 is 0 Å². The predicted molar refractivity (Wildman–Crippen MR) is 88.4 cm³/mol. The minimum atomic E-state index is -0.906. The molecule has 0 fully saturated rings. The lowest BCUT2D eigenvalue weighted by Crippen LogP contribution is -2.05. The highest BCUT2D eigenvalue weighted by molar-refractivity contribution is 5.80. The van der Waals surface area contributed by atoms with Crippen molar-refractivity contribution in [3.8, 4) is 0 Å². The molecule has 0 aliphatic heterocycles. The SMILES string of the molecule is CCCCC[C@H](O)CCCCCCCC=CC=CC(=O)O. The van der Waals surface area contributed by atoms with E-state index in [9.17, 15) is 9.90 Å². The molecule has 1 atom stereocenters. The fraction of sp³-hybridized carbons (Fsp3) is 0.722. The first kappa shape index (κ1) is 19.9. The third-order valence-corrected chi connectivity index (χ3v) is 3.54. The molecule has 0 aromatic carbocycles. The van der Waals surface area contributed by atoms with Crippen LogP contribution in [0.5, 0.6) is 0 Å².